The highest BCUT2D eigenvalue weighted by Crippen LogP contribution is 2.25. The standard InChI is InChI=1S/C15H15FN2O2/c1-20-15(19)14(10-5-3-2-4-6-10)18-13-8-7-11(16)9-12(13)17/h2-9,14,18H,17H2,1H3. The second-order valence-corrected chi connectivity index (χ2v) is 4.24. The summed E-state index contributed by atoms with van der Waals surface area (Å²) in [6.45, 7) is 0. The van der Waals surface area contributed by atoms with Gasteiger partial charge in [0, 0.05) is 0 Å². The molecule has 0 aliphatic heterocycles. The third-order valence-corrected chi connectivity index (χ3v) is 2.88. The number of halogens is 1. The molecule has 4 nitrogen and oxygen atoms in total. The molecule has 0 aliphatic carbocycles. The monoisotopic (exact) mass is 274 g/mol. The lowest BCUT2D eigenvalue weighted by molar-refractivity contribution is -0.141. The summed E-state index contributed by atoms with van der Waals surface area (Å²) in [4.78, 5) is 11.9. The molecule has 0 saturated carbocycles. The molecule has 0 aliphatic rings. The molecule has 1 unspecified atom stereocenters. The number of nitrogens with one attached hydrogen (secondary N) is 1. The minimum atomic E-state index is -0.700. The average molecular weight is 274 g/mol. The molecule has 104 valence electrons. The number of carbonyl (C=O) groups excluding carboxylic acids is 1. The van der Waals surface area contributed by atoms with E-state index in [0.29, 0.717) is 5.69 Å². The molecule has 3 N–H and O–H groups in total. The number of hydrogen-bond acceptors (Lipinski definition) is 4. The number of anilines is 2. The predicted molar refractivity (Wildman–Crippen MR) is 75.6 cm³/mol. The van der Waals surface area contributed by atoms with E-state index >= 15 is 0 Å². The van der Waals surface area contributed by atoms with Gasteiger partial charge in [-0.1, -0.05) is 30.3 Å². The zero-order valence-electron chi connectivity index (χ0n) is 11.0. The van der Waals surface area contributed by atoms with E-state index in [2.05, 4.69) is 5.32 Å². The van der Waals surface area contributed by atoms with E-state index in [1.807, 2.05) is 18.2 Å². The summed E-state index contributed by atoms with van der Waals surface area (Å²) in [5.41, 5.74) is 7.18. The average Bonchev–Trinajstić information content (AvgIpc) is 2.46. The van der Waals surface area contributed by atoms with Crippen LogP contribution < -0.4 is 11.1 Å². The summed E-state index contributed by atoms with van der Waals surface area (Å²) < 4.78 is 17.8. The molecule has 0 amide bonds. The van der Waals surface area contributed by atoms with Gasteiger partial charge in [-0.05, 0) is 23.8 Å². The molecule has 2 aromatic rings. The third kappa shape index (κ3) is 3.06. The maximum atomic E-state index is 13.0. The van der Waals surface area contributed by atoms with Crippen LogP contribution in [0, 0.1) is 5.82 Å². The van der Waals surface area contributed by atoms with Gasteiger partial charge in [0.15, 0.2) is 6.04 Å². The quantitative estimate of drug-likeness (QED) is 0.664. The zero-order valence-corrected chi connectivity index (χ0v) is 11.0. The number of esters is 1. The van der Waals surface area contributed by atoms with E-state index in [1.165, 1.54) is 25.3 Å². The Morgan fingerprint density at radius 2 is 1.95 bits per heavy atom. The Hall–Kier alpha value is -2.56. The predicted octanol–water partition coefficient (Wildman–Crippen LogP) is 2.73. The normalized spacial score (nSPS) is 11.7. The summed E-state index contributed by atoms with van der Waals surface area (Å²) in [5, 5.41) is 2.98. The first-order chi connectivity index (χ1) is 9.61. The smallest absolute Gasteiger partial charge is 0.332 e. The Labute approximate surface area is 116 Å². The van der Waals surface area contributed by atoms with Crippen LogP contribution in [0.2, 0.25) is 0 Å². The van der Waals surface area contributed by atoms with Crippen molar-refractivity contribution in [2.24, 2.45) is 0 Å². The molecular weight excluding hydrogens is 259 g/mol. The third-order valence-electron chi connectivity index (χ3n) is 2.88. The molecular formula is C15H15FN2O2. The van der Waals surface area contributed by atoms with Crippen molar-refractivity contribution in [1.82, 2.24) is 0 Å². The van der Waals surface area contributed by atoms with Crippen LogP contribution in [-0.4, -0.2) is 13.1 Å². The Balaban J connectivity index is 2.31. The summed E-state index contributed by atoms with van der Waals surface area (Å²) in [5.74, 6) is -0.873. The number of rotatable bonds is 4. The first-order valence-corrected chi connectivity index (χ1v) is 6.06. The van der Waals surface area contributed by atoms with E-state index < -0.39 is 17.8 Å². The van der Waals surface area contributed by atoms with Crippen molar-refractivity contribution in [3.8, 4) is 0 Å². The largest absolute Gasteiger partial charge is 0.467 e. The molecule has 2 rings (SSSR count). The van der Waals surface area contributed by atoms with Gasteiger partial charge in [0.1, 0.15) is 5.82 Å². The van der Waals surface area contributed by atoms with Crippen LogP contribution >= 0.6 is 0 Å². The van der Waals surface area contributed by atoms with Crippen molar-refractivity contribution in [2.75, 3.05) is 18.2 Å². The van der Waals surface area contributed by atoms with Gasteiger partial charge in [-0.15, -0.1) is 0 Å². The summed E-state index contributed by atoms with van der Waals surface area (Å²) in [6.07, 6.45) is 0. The topological polar surface area (TPSA) is 64.3 Å². The lowest BCUT2D eigenvalue weighted by Crippen LogP contribution is -2.22. The van der Waals surface area contributed by atoms with E-state index in [-0.39, 0.29) is 5.69 Å². The minimum Gasteiger partial charge on any atom is -0.467 e. The molecule has 0 bridgehead atoms. The Bertz CT molecular complexity index is 602. The van der Waals surface area contributed by atoms with Gasteiger partial charge in [-0.3, -0.25) is 0 Å². The molecule has 0 spiro atoms. The van der Waals surface area contributed by atoms with Gasteiger partial charge in [0.2, 0.25) is 0 Å². The van der Waals surface area contributed by atoms with Gasteiger partial charge < -0.3 is 15.8 Å². The highest BCUT2D eigenvalue weighted by Gasteiger charge is 2.21. The van der Waals surface area contributed by atoms with E-state index in [1.54, 1.807) is 12.1 Å². The number of nitrogens with two attached hydrogens (primary N) is 1. The van der Waals surface area contributed by atoms with Crippen LogP contribution in [0.25, 0.3) is 0 Å². The molecule has 0 heterocycles. The molecule has 20 heavy (non-hydrogen) atoms. The van der Waals surface area contributed by atoms with E-state index in [9.17, 15) is 9.18 Å². The van der Waals surface area contributed by atoms with Crippen molar-refractivity contribution >= 4 is 17.3 Å². The highest BCUT2D eigenvalue weighted by molar-refractivity contribution is 5.82. The van der Waals surface area contributed by atoms with Gasteiger partial charge >= 0.3 is 5.97 Å². The van der Waals surface area contributed by atoms with E-state index in [0.717, 1.165) is 5.56 Å². The lowest BCUT2D eigenvalue weighted by atomic mass is 10.1. The second kappa shape index (κ2) is 6.06. The molecule has 2 aromatic carbocycles. The number of carbonyl (C=O) groups is 1. The van der Waals surface area contributed by atoms with Gasteiger partial charge in [0.25, 0.3) is 0 Å². The number of benzene rings is 2. The minimum absolute atomic E-state index is 0.231. The van der Waals surface area contributed by atoms with Crippen molar-refractivity contribution in [2.45, 2.75) is 6.04 Å². The van der Waals surface area contributed by atoms with Crippen LogP contribution in [0.1, 0.15) is 11.6 Å². The van der Waals surface area contributed by atoms with Crippen molar-refractivity contribution in [3.05, 3.63) is 59.9 Å². The van der Waals surface area contributed by atoms with Crippen molar-refractivity contribution in [1.29, 1.82) is 0 Å². The first kappa shape index (κ1) is 13.9. The van der Waals surface area contributed by atoms with Crippen molar-refractivity contribution in [3.63, 3.8) is 0 Å². The van der Waals surface area contributed by atoms with Crippen LogP contribution in [0.3, 0.4) is 0 Å². The maximum Gasteiger partial charge on any atom is 0.332 e. The lowest BCUT2D eigenvalue weighted by Gasteiger charge is -2.19. The molecule has 0 radical (unpaired) electrons. The van der Waals surface area contributed by atoms with Crippen LogP contribution in [0.15, 0.2) is 48.5 Å². The fourth-order valence-corrected chi connectivity index (χ4v) is 1.86. The molecule has 0 aromatic heterocycles. The maximum absolute atomic E-state index is 13.0. The molecule has 5 heteroatoms. The molecule has 0 saturated heterocycles. The molecule has 1 atom stereocenters. The van der Waals surface area contributed by atoms with Crippen LogP contribution in [0.4, 0.5) is 15.8 Å². The van der Waals surface area contributed by atoms with Gasteiger partial charge in [-0.2, -0.15) is 0 Å². The summed E-state index contributed by atoms with van der Waals surface area (Å²) >= 11 is 0. The first-order valence-electron chi connectivity index (χ1n) is 6.06. The number of methoxy groups -OCH3 is 1. The Kier molecular flexibility index (Phi) is 4.20. The number of ether oxygens (including phenoxy) is 1. The second-order valence-electron chi connectivity index (χ2n) is 4.24. The Morgan fingerprint density at radius 3 is 2.55 bits per heavy atom. The zero-order chi connectivity index (χ0) is 14.5. The van der Waals surface area contributed by atoms with E-state index in [4.69, 9.17) is 10.5 Å². The fraction of sp³-hybridized carbons (Fsp3) is 0.133. The van der Waals surface area contributed by atoms with Crippen LogP contribution in [-0.2, 0) is 9.53 Å². The summed E-state index contributed by atoms with van der Waals surface area (Å²) in [6, 6.07) is 12.4. The van der Waals surface area contributed by atoms with Crippen LogP contribution in [0.5, 0.6) is 0 Å². The van der Waals surface area contributed by atoms with Gasteiger partial charge in [0.05, 0.1) is 18.5 Å². The number of hydrogen-bond donors (Lipinski definition) is 2. The van der Waals surface area contributed by atoms with Gasteiger partial charge in [-0.25, -0.2) is 9.18 Å². The highest BCUT2D eigenvalue weighted by atomic mass is 19.1. The SMILES string of the molecule is COC(=O)C(Nc1ccc(F)cc1N)c1ccccc1. The Morgan fingerprint density at radius 1 is 1.25 bits per heavy atom. The number of nitrogen functional groups attached to an aromatic ring is 1. The van der Waals surface area contributed by atoms with Crippen molar-refractivity contribution < 1.29 is 13.9 Å². The molecule has 0 fully saturated rings. The fourth-order valence-electron chi connectivity index (χ4n) is 1.86. The summed E-state index contributed by atoms with van der Waals surface area (Å²) in [7, 11) is 1.31.